The molecule has 1 heterocycles. The maximum absolute atomic E-state index is 5.79. The molecule has 1 aromatic rings. The first-order valence-corrected chi connectivity index (χ1v) is 6.10. The molecule has 0 bridgehead atoms. The van der Waals surface area contributed by atoms with Crippen LogP contribution < -0.4 is 5.32 Å². The third kappa shape index (κ3) is 3.38. The molecule has 1 saturated carbocycles. The number of hydrogen-bond donors (Lipinski definition) is 1. The molecule has 3 heteroatoms. The van der Waals surface area contributed by atoms with E-state index in [9.17, 15) is 0 Å². The van der Waals surface area contributed by atoms with Gasteiger partial charge in [0.25, 0.3) is 0 Å². The molecular weight excluding hydrogens is 208 g/mol. The van der Waals surface area contributed by atoms with E-state index in [0.717, 1.165) is 5.82 Å². The summed E-state index contributed by atoms with van der Waals surface area (Å²) in [5.74, 6) is 0.950. The summed E-state index contributed by atoms with van der Waals surface area (Å²) in [5.41, 5.74) is 0. The number of pyridine rings is 1. The Balaban J connectivity index is 1.92. The van der Waals surface area contributed by atoms with E-state index >= 15 is 0 Å². The quantitative estimate of drug-likeness (QED) is 0.772. The highest BCUT2D eigenvalue weighted by Gasteiger charge is 2.11. The molecule has 0 spiro atoms. The fraction of sp³-hybridized carbons (Fsp3) is 0.583. The number of halogens is 1. The number of aromatic nitrogens is 1. The topological polar surface area (TPSA) is 24.9 Å². The largest absolute Gasteiger partial charge is 0.367 e. The molecular formula is C12H17ClN2. The summed E-state index contributed by atoms with van der Waals surface area (Å²) in [7, 11) is 0. The van der Waals surface area contributed by atoms with E-state index in [4.69, 9.17) is 11.6 Å². The Kier molecular flexibility index (Phi) is 3.84. The van der Waals surface area contributed by atoms with Crippen LogP contribution in [-0.2, 0) is 0 Å². The predicted octanol–water partition coefficient (Wildman–Crippen LogP) is 3.87. The monoisotopic (exact) mass is 224 g/mol. The second kappa shape index (κ2) is 5.36. The highest BCUT2D eigenvalue weighted by atomic mass is 35.5. The van der Waals surface area contributed by atoms with Crippen LogP contribution in [0.3, 0.4) is 0 Å². The van der Waals surface area contributed by atoms with Gasteiger partial charge in [0.2, 0.25) is 0 Å². The van der Waals surface area contributed by atoms with E-state index < -0.39 is 0 Å². The number of nitrogens with one attached hydrogen (secondary N) is 1. The molecule has 0 saturated heterocycles. The maximum Gasteiger partial charge on any atom is 0.126 e. The molecule has 0 atom stereocenters. The van der Waals surface area contributed by atoms with Crippen molar-refractivity contribution in [3.63, 3.8) is 0 Å². The van der Waals surface area contributed by atoms with Crippen LogP contribution in [-0.4, -0.2) is 11.0 Å². The van der Waals surface area contributed by atoms with Gasteiger partial charge in [-0.25, -0.2) is 4.98 Å². The van der Waals surface area contributed by atoms with Gasteiger partial charge in [-0.2, -0.15) is 0 Å². The molecule has 15 heavy (non-hydrogen) atoms. The van der Waals surface area contributed by atoms with Crippen molar-refractivity contribution in [1.82, 2.24) is 4.98 Å². The number of rotatable bonds is 2. The lowest BCUT2D eigenvalue weighted by Gasteiger charge is -2.16. The lowest BCUT2D eigenvalue weighted by molar-refractivity contribution is 0.618. The average molecular weight is 225 g/mol. The van der Waals surface area contributed by atoms with Crippen molar-refractivity contribution in [2.75, 3.05) is 5.32 Å². The van der Waals surface area contributed by atoms with Crippen molar-refractivity contribution >= 4 is 17.4 Å². The first kappa shape index (κ1) is 10.7. The van der Waals surface area contributed by atoms with Gasteiger partial charge in [-0.3, -0.25) is 0 Å². The van der Waals surface area contributed by atoms with Crippen molar-refractivity contribution in [3.05, 3.63) is 23.4 Å². The third-order valence-electron chi connectivity index (χ3n) is 2.93. The van der Waals surface area contributed by atoms with Gasteiger partial charge < -0.3 is 5.32 Å². The summed E-state index contributed by atoms with van der Waals surface area (Å²) in [4.78, 5) is 4.26. The van der Waals surface area contributed by atoms with Crippen molar-refractivity contribution in [3.8, 4) is 0 Å². The highest BCUT2D eigenvalue weighted by molar-refractivity contribution is 6.30. The Labute approximate surface area is 96.1 Å². The summed E-state index contributed by atoms with van der Waals surface area (Å²) < 4.78 is 0. The third-order valence-corrected chi connectivity index (χ3v) is 3.16. The number of nitrogens with zero attached hydrogens (tertiary/aromatic N) is 1. The molecule has 1 aliphatic carbocycles. The summed E-state index contributed by atoms with van der Waals surface area (Å²) in [6.07, 6.45) is 9.67. The second-order valence-electron chi connectivity index (χ2n) is 4.19. The standard InChI is InChI=1S/C12H17ClN2/c13-10-7-8-12(14-9-10)15-11-5-3-1-2-4-6-11/h7-9,11H,1-6H2,(H,14,15). The minimum Gasteiger partial charge on any atom is -0.367 e. The van der Waals surface area contributed by atoms with Crippen LogP contribution in [0.4, 0.5) is 5.82 Å². The van der Waals surface area contributed by atoms with Crippen LogP contribution >= 0.6 is 11.6 Å². The zero-order chi connectivity index (χ0) is 10.5. The van der Waals surface area contributed by atoms with Crippen molar-refractivity contribution in [2.24, 2.45) is 0 Å². The van der Waals surface area contributed by atoms with E-state index in [2.05, 4.69) is 10.3 Å². The predicted molar refractivity (Wildman–Crippen MR) is 64.4 cm³/mol. The summed E-state index contributed by atoms with van der Waals surface area (Å²) >= 11 is 5.79. The van der Waals surface area contributed by atoms with Crippen LogP contribution in [0.15, 0.2) is 18.3 Å². The summed E-state index contributed by atoms with van der Waals surface area (Å²) in [5, 5.41) is 4.17. The maximum atomic E-state index is 5.79. The molecule has 0 unspecified atom stereocenters. The molecule has 1 N–H and O–H groups in total. The SMILES string of the molecule is Clc1ccc(NC2CCCCCC2)nc1. The first-order chi connectivity index (χ1) is 7.34. The van der Waals surface area contributed by atoms with Gasteiger partial charge in [0.15, 0.2) is 0 Å². The lowest BCUT2D eigenvalue weighted by Crippen LogP contribution is -2.18. The van der Waals surface area contributed by atoms with Crippen LogP contribution in [0.2, 0.25) is 5.02 Å². The van der Waals surface area contributed by atoms with E-state index in [-0.39, 0.29) is 0 Å². The van der Waals surface area contributed by atoms with E-state index in [0.29, 0.717) is 11.1 Å². The molecule has 1 aliphatic rings. The van der Waals surface area contributed by atoms with Gasteiger partial charge >= 0.3 is 0 Å². The fourth-order valence-corrected chi connectivity index (χ4v) is 2.21. The van der Waals surface area contributed by atoms with E-state index in [1.54, 1.807) is 6.20 Å². The van der Waals surface area contributed by atoms with Gasteiger partial charge in [0, 0.05) is 12.2 Å². The zero-order valence-electron chi connectivity index (χ0n) is 8.88. The van der Waals surface area contributed by atoms with Crippen molar-refractivity contribution in [1.29, 1.82) is 0 Å². The molecule has 2 rings (SSSR count). The second-order valence-corrected chi connectivity index (χ2v) is 4.63. The molecule has 0 amide bonds. The normalized spacial score (nSPS) is 18.5. The Bertz CT molecular complexity index is 289. The van der Waals surface area contributed by atoms with Gasteiger partial charge in [0.1, 0.15) is 5.82 Å². The van der Waals surface area contributed by atoms with Crippen LogP contribution in [0.1, 0.15) is 38.5 Å². The van der Waals surface area contributed by atoms with Gasteiger partial charge in [-0.15, -0.1) is 0 Å². The molecule has 0 aromatic carbocycles. The molecule has 1 aromatic heterocycles. The Morgan fingerprint density at radius 1 is 1.13 bits per heavy atom. The average Bonchev–Trinajstić information content (AvgIpc) is 2.50. The first-order valence-electron chi connectivity index (χ1n) is 5.73. The minimum absolute atomic E-state index is 0.598. The van der Waals surface area contributed by atoms with Crippen LogP contribution in [0, 0.1) is 0 Å². The summed E-state index contributed by atoms with van der Waals surface area (Å²) in [6.45, 7) is 0. The smallest absolute Gasteiger partial charge is 0.126 e. The minimum atomic E-state index is 0.598. The molecule has 82 valence electrons. The number of anilines is 1. The van der Waals surface area contributed by atoms with Gasteiger partial charge in [0.05, 0.1) is 5.02 Å². The highest BCUT2D eigenvalue weighted by Crippen LogP contribution is 2.20. The Hall–Kier alpha value is -0.760. The van der Waals surface area contributed by atoms with Crippen LogP contribution in [0.5, 0.6) is 0 Å². The molecule has 1 fully saturated rings. The molecule has 2 nitrogen and oxygen atoms in total. The molecule has 0 aliphatic heterocycles. The van der Waals surface area contributed by atoms with Crippen molar-refractivity contribution < 1.29 is 0 Å². The zero-order valence-corrected chi connectivity index (χ0v) is 9.63. The lowest BCUT2D eigenvalue weighted by atomic mass is 10.1. The van der Waals surface area contributed by atoms with Crippen LogP contribution in [0.25, 0.3) is 0 Å². The van der Waals surface area contributed by atoms with Gasteiger partial charge in [-0.1, -0.05) is 37.3 Å². The Morgan fingerprint density at radius 2 is 1.87 bits per heavy atom. The Morgan fingerprint density at radius 3 is 2.47 bits per heavy atom. The van der Waals surface area contributed by atoms with E-state index in [1.807, 2.05) is 12.1 Å². The van der Waals surface area contributed by atoms with E-state index in [1.165, 1.54) is 38.5 Å². The number of hydrogen-bond acceptors (Lipinski definition) is 2. The summed E-state index contributed by atoms with van der Waals surface area (Å²) in [6, 6.07) is 4.43. The fourth-order valence-electron chi connectivity index (χ4n) is 2.09. The van der Waals surface area contributed by atoms with Crippen molar-refractivity contribution in [2.45, 2.75) is 44.6 Å². The molecule has 0 radical (unpaired) electrons. The van der Waals surface area contributed by atoms with Gasteiger partial charge in [-0.05, 0) is 25.0 Å².